The molecule has 118 valence electrons. The van der Waals surface area contributed by atoms with Crippen molar-refractivity contribution < 1.29 is 14.6 Å². The Morgan fingerprint density at radius 3 is 2.55 bits per heavy atom. The Labute approximate surface area is 132 Å². The Bertz CT molecular complexity index is 528. The first kappa shape index (κ1) is 17.8. The molecule has 22 heavy (non-hydrogen) atoms. The molecule has 0 aliphatic rings. The van der Waals surface area contributed by atoms with Gasteiger partial charge in [-0.25, -0.2) is 4.79 Å². The fraction of sp³-hybridized carbons (Fsp3) is 0.444. The first-order chi connectivity index (χ1) is 10.6. The van der Waals surface area contributed by atoms with Crippen molar-refractivity contribution in [1.29, 1.82) is 5.26 Å². The van der Waals surface area contributed by atoms with Crippen LogP contribution in [0.1, 0.15) is 48.0 Å². The van der Waals surface area contributed by atoms with Crippen LogP contribution in [0.15, 0.2) is 36.6 Å². The first-order valence-corrected chi connectivity index (χ1v) is 7.50. The smallest absolute Gasteiger partial charge is 0.337 e. The number of nitrogens with zero attached hydrogens (tertiary/aromatic N) is 1. The van der Waals surface area contributed by atoms with Crippen LogP contribution in [0.4, 0.5) is 0 Å². The van der Waals surface area contributed by atoms with Crippen molar-refractivity contribution in [2.24, 2.45) is 5.92 Å². The van der Waals surface area contributed by atoms with Crippen LogP contribution in [0.5, 0.6) is 0 Å². The van der Waals surface area contributed by atoms with Crippen LogP contribution in [0.25, 0.3) is 0 Å². The van der Waals surface area contributed by atoms with Gasteiger partial charge in [-0.3, -0.25) is 0 Å². The minimum absolute atomic E-state index is 0.0546. The number of hydrogen-bond acceptors (Lipinski definition) is 4. The van der Waals surface area contributed by atoms with Crippen LogP contribution in [0, 0.1) is 17.2 Å². The molecule has 0 fully saturated rings. The summed E-state index contributed by atoms with van der Waals surface area (Å²) in [5, 5.41) is 18.2. The van der Waals surface area contributed by atoms with Crippen LogP contribution >= 0.6 is 0 Å². The Morgan fingerprint density at radius 2 is 2.00 bits per heavy atom. The number of benzene rings is 1. The van der Waals surface area contributed by atoms with Crippen LogP contribution in [-0.2, 0) is 11.2 Å². The van der Waals surface area contributed by atoms with Gasteiger partial charge in [0.25, 0.3) is 0 Å². The number of aryl methyl sites for hydroxylation is 1. The zero-order valence-corrected chi connectivity index (χ0v) is 13.0. The van der Waals surface area contributed by atoms with Crippen molar-refractivity contribution in [3.8, 4) is 6.07 Å². The van der Waals surface area contributed by atoms with Crippen molar-refractivity contribution in [1.82, 2.24) is 0 Å². The van der Waals surface area contributed by atoms with Gasteiger partial charge in [0.05, 0.1) is 24.5 Å². The first-order valence-electron chi connectivity index (χ1n) is 7.50. The Kier molecular flexibility index (Phi) is 7.77. The number of aliphatic hydroxyl groups is 1. The van der Waals surface area contributed by atoms with E-state index in [0.29, 0.717) is 12.0 Å². The molecule has 1 atom stereocenters. The van der Waals surface area contributed by atoms with Gasteiger partial charge in [-0.2, -0.15) is 5.26 Å². The molecule has 4 nitrogen and oxygen atoms in total. The van der Waals surface area contributed by atoms with Gasteiger partial charge in [0.2, 0.25) is 0 Å². The van der Waals surface area contributed by atoms with Gasteiger partial charge in [0.15, 0.2) is 0 Å². The number of esters is 1. The molecule has 0 aliphatic carbocycles. The number of carbonyl (C=O) groups is 1. The van der Waals surface area contributed by atoms with Crippen LogP contribution in [0.3, 0.4) is 0 Å². The molecular formula is C18H23NO3. The molecule has 0 amide bonds. The Hall–Kier alpha value is -2.28. The number of rotatable bonds is 9. The number of allylic oxidation sites excluding steroid dienone is 1. The highest BCUT2D eigenvalue weighted by atomic mass is 16.5. The van der Waals surface area contributed by atoms with Crippen LogP contribution < -0.4 is 0 Å². The second-order valence-corrected chi connectivity index (χ2v) is 5.32. The number of nitriles is 1. The number of aliphatic hydroxyl groups excluding tert-OH is 1. The summed E-state index contributed by atoms with van der Waals surface area (Å²) in [4.78, 5) is 11.4. The lowest BCUT2D eigenvalue weighted by Gasteiger charge is -2.15. The van der Waals surface area contributed by atoms with E-state index < -0.39 is 0 Å². The molecule has 1 rings (SSSR count). The predicted octanol–water partition coefficient (Wildman–Crippen LogP) is 4.18. The lowest BCUT2D eigenvalue weighted by molar-refractivity contribution is 0.0600. The third kappa shape index (κ3) is 6.01. The van der Waals surface area contributed by atoms with Gasteiger partial charge in [0, 0.05) is 12.3 Å². The highest BCUT2D eigenvalue weighted by Gasteiger charge is 2.12. The monoisotopic (exact) mass is 301 g/mol. The Morgan fingerprint density at radius 1 is 1.32 bits per heavy atom. The number of ether oxygens (including phenoxy) is 1. The number of methoxy groups -OCH3 is 1. The molecule has 0 heterocycles. The molecule has 1 N–H and O–H groups in total. The molecule has 1 unspecified atom stereocenters. The van der Waals surface area contributed by atoms with E-state index in [0.717, 1.165) is 37.7 Å². The van der Waals surface area contributed by atoms with Crippen LogP contribution in [-0.4, -0.2) is 18.2 Å². The maximum absolute atomic E-state index is 11.4. The summed E-state index contributed by atoms with van der Waals surface area (Å²) < 4.78 is 4.66. The normalized spacial score (nSPS) is 11.5. The van der Waals surface area contributed by atoms with E-state index in [9.17, 15) is 9.90 Å². The average Bonchev–Trinajstić information content (AvgIpc) is 2.53. The summed E-state index contributed by atoms with van der Waals surface area (Å²) in [5.74, 6) is -0.0761. The zero-order chi connectivity index (χ0) is 16.4. The van der Waals surface area contributed by atoms with E-state index in [1.165, 1.54) is 7.11 Å². The summed E-state index contributed by atoms with van der Waals surface area (Å²) >= 11 is 0. The standard InChI is InChI=1S/C18H23NO3/c1-14(20)16(6-4-3-5-13-19)10-7-15-8-11-17(12-9-15)18(21)22-2/h8-9,11-12,16,20H,1,3-7,10H2,2H3. The summed E-state index contributed by atoms with van der Waals surface area (Å²) in [6, 6.07) is 9.42. The van der Waals surface area contributed by atoms with E-state index in [2.05, 4.69) is 17.4 Å². The lowest BCUT2D eigenvalue weighted by Crippen LogP contribution is -2.06. The zero-order valence-electron chi connectivity index (χ0n) is 13.0. The summed E-state index contributed by atoms with van der Waals surface area (Å²) in [7, 11) is 1.36. The number of carbonyl (C=O) groups excluding carboxylic acids is 1. The molecule has 1 aromatic rings. The summed E-state index contributed by atoms with van der Waals surface area (Å²) in [6.45, 7) is 3.64. The van der Waals surface area contributed by atoms with Gasteiger partial charge in [-0.05, 0) is 43.4 Å². The molecule has 0 radical (unpaired) electrons. The van der Waals surface area contributed by atoms with E-state index in [4.69, 9.17) is 5.26 Å². The molecule has 0 aliphatic heterocycles. The highest BCUT2D eigenvalue weighted by Crippen LogP contribution is 2.22. The Balaban J connectivity index is 2.49. The fourth-order valence-corrected chi connectivity index (χ4v) is 2.34. The van der Waals surface area contributed by atoms with E-state index in [1.54, 1.807) is 12.1 Å². The molecule has 0 saturated heterocycles. The van der Waals surface area contributed by atoms with Gasteiger partial charge in [0.1, 0.15) is 0 Å². The van der Waals surface area contributed by atoms with Crippen molar-refractivity contribution in [2.45, 2.75) is 38.5 Å². The molecule has 0 spiro atoms. The largest absolute Gasteiger partial charge is 0.513 e. The van der Waals surface area contributed by atoms with Crippen molar-refractivity contribution in [3.63, 3.8) is 0 Å². The van der Waals surface area contributed by atoms with Crippen LogP contribution in [0.2, 0.25) is 0 Å². The topological polar surface area (TPSA) is 70.3 Å². The third-order valence-corrected chi connectivity index (χ3v) is 3.72. The van der Waals surface area contributed by atoms with E-state index >= 15 is 0 Å². The lowest BCUT2D eigenvalue weighted by atomic mass is 9.92. The van der Waals surface area contributed by atoms with Gasteiger partial charge in [-0.15, -0.1) is 0 Å². The van der Waals surface area contributed by atoms with Gasteiger partial charge >= 0.3 is 5.97 Å². The molecule has 0 aromatic heterocycles. The molecule has 1 aromatic carbocycles. The SMILES string of the molecule is C=C(O)C(CCCCC#N)CCc1ccc(C(=O)OC)cc1. The quantitative estimate of drug-likeness (QED) is 0.422. The van der Waals surface area contributed by atoms with Crippen molar-refractivity contribution in [3.05, 3.63) is 47.7 Å². The molecule has 0 bridgehead atoms. The van der Waals surface area contributed by atoms with Crippen molar-refractivity contribution >= 4 is 5.97 Å². The van der Waals surface area contributed by atoms with Gasteiger partial charge < -0.3 is 9.84 Å². The maximum atomic E-state index is 11.4. The van der Waals surface area contributed by atoms with E-state index in [1.807, 2.05) is 12.1 Å². The second kappa shape index (κ2) is 9.62. The number of unbranched alkanes of at least 4 members (excludes halogenated alkanes) is 2. The minimum atomic E-state index is -0.342. The highest BCUT2D eigenvalue weighted by molar-refractivity contribution is 5.89. The molecular weight excluding hydrogens is 278 g/mol. The number of hydrogen-bond donors (Lipinski definition) is 1. The maximum Gasteiger partial charge on any atom is 0.337 e. The van der Waals surface area contributed by atoms with Gasteiger partial charge in [-0.1, -0.05) is 25.1 Å². The molecule has 4 heteroatoms. The summed E-state index contributed by atoms with van der Waals surface area (Å²) in [5.41, 5.74) is 1.64. The minimum Gasteiger partial charge on any atom is -0.513 e. The summed E-state index contributed by atoms with van der Waals surface area (Å²) in [6.07, 6.45) is 4.79. The molecule has 0 saturated carbocycles. The second-order valence-electron chi connectivity index (χ2n) is 5.32. The fourth-order valence-electron chi connectivity index (χ4n) is 2.34. The third-order valence-electron chi connectivity index (χ3n) is 3.72. The van der Waals surface area contributed by atoms with E-state index in [-0.39, 0.29) is 17.6 Å². The average molecular weight is 301 g/mol. The van der Waals surface area contributed by atoms with Crippen molar-refractivity contribution in [2.75, 3.05) is 7.11 Å². The predicted molar refractivity (Wildman–Crippen MR) is 85.4 cm³/mol.